The molecule has 0 bridgehead atoms. The normalized spacial score (nSPS) is 11.7. The van der Waals surface area contributed by atoms with Crippen LogP contribution in [0.15, 0.2) is 138 Å². The second-order valence-electron chi connectivity index (χ2n) is 16.2. The Bertz CT molecular complexity index is 3220. The van der Waals surface area contributed by atoms with Crippen molar-refractivity contribution in [3.05, 3.63) is 133 Å². The summed E-state index contributed by atoms with van der Waals surface area (Å²) in [6.07, 6.45) is 0. The molecule has 0 unspecified atom stereocenters. The summed E-state index contributed by atoms with van der Waals surface area (Å²) in [4.78, 5) is 0. The van der Waals surface area contributed by atoms with Crippen LogP contribution in [0, 0.1) is 0 Å². The zero-order valence-corrected chi connectivity index (χ0v) is 34.1. The third kappa shape index (κ3) is 5.35. The summed E-state index contributed by atoms with van der Waals surface area (Å²) >= 11 is 0. The predicted molar refractivity (Wildman–Crippen MR) is 273 cm³/mol. The van der Waals surface area contributed by atoms with Crippen LogP contribution in [0.5, 0.6) is 0 Å². The summed E-state index contributed by atoms with van der Waals surface area (Å²) in [6.45, 7) is 0. The highest BCUT2D eigenvalue weighted by Gasteiger charge is 2.25. The molecule has 0 saturated heterocycles. The minimum Gasteiger partial charge on any atom is -0.455 e. The molecule has 260 valence electrons. The van der Waals surface area contributed by atoms with Crippen LogP contribution in [0.4, 0.5) is 0 Å². The Kier molecular flexibility index (Phi) is 8.31. The lowest BCUT2D eigenvalue weighted by Crippen LogP contribution is -2.50. The molecule has 10 rings (SSSR count). The maximum Gasteiger partial charge on any atom is 0.143 e. The van der Waals surface area contributed by atoms with E-state index in [2.05, 4.69) is 196 Å². The molecule has 0 fully saturated rings. The van der Waals surface area contributed by atoms with Crippen LogP contribution in [0.2, 0.25) is 0 Å². The molecule has 0 aliphatic carbocycles. The maximum absolute atomic E-state index is 6.63. The third-order valence-corrected chi connectivity index (χ3v) is 13.5. The van der Waals surface area contributed by atoms with Crippen LogP contribution < -0.4 is 43.7 Å². The molecule has 0 aliphatic heterocycles. The Labute approximate surface area is 341 Å². The van der Waals surface area contributed by atoms with Gasteiger partial charge < -0.3 is 4.42 Å². The van der Waals surface area contributed by atoms with Crippen molar-refractivity contribution >= 4 is 161 Å². The van der Waals surface area contributed by atoms with Crippen molar-refractivity contribution in [1.82, 2.24) is 0 Å². The van der Waals surface area contributed by atoms with Crippen molar-refractivity contribution in [3.63, 3.8) is 0 Å². The minimum atomic E-state index is 0.921. The van der Waals surface area contributed by atoms with Gasteiger partial charge in [0.05, 0.1) is 0 Å². The molecule has 0 amide bonds. The molecular formula is C48H38B8O. The minimum absolute atomic E-state index is 0.921. The molecule has 0 atom stereocenters. The van der Waals surface area contributed by atoms with Crippen LogP contribution in [-0.4, -0.2) is 62.8 Å². The van der Waals surface area contributed by atoms with Crippen molar-refractivity contribution in [2.24, 2.45) is 0 Å². The monoisotopic (exact) mass is 718 g/mol. The van der Waals surface area contributed by atoms with Gasteiger partial charge in [-0.25, -0.2) is 0 Å². The molecule has 9 aromatic carbocycles. The Morgan fingerprint density at radius 1 is 0.298 bits per heavy atom. The molecule has 0 spiro atoms. The summed E-state index contributed by atoms with van der Waals surface area (Å²) < 4.78 is 6.63. The molecule has 1 nitrogen and oxygen atoms in total. The smallest absolute Gasteiger partial charge is 0.143 e. The van der Waals surface area contributed by atoms with E-state index in [1.807, 2.05) is 0 Å². The predicted octanol–water partition coefficient (Wildman–Crippen LogP) is -0.219. The van der Waals surface area contributed by atoms with Crippen LogP contribution in [-0.2, 0) is 0 Å². The lowest BCUT2D eigenvalue weighted by molar-refractivity contribution is 0.672. The molecule has 0 N–H and O–H groups in total. The number of hydrogen-bond acceptors (Lipinski definition) is 1. The summed E-state index contributed by atoms with van der Waals surface area (Å²) in [5.41, 5.74) is 22.8. The Hall–Kier alpha value is -5.92. The lowest BCUT2D eigenvalue weighted by atomic mass is 9.59. The topological polar surface area (TPSA) is 13.1 Å². The van der Waals surface area contributed by atoms with E-state index < -0.39 is 0 Å². The molecule has 57 heavy (non-hydrogen) atoms. The van der Waals surface area contributed by atoms with Gasteiger partial charge in [0.1, 0.15) is 73.9 Å². The second-order valence-corrected chi connectivity index (χ2v) is 16.2. The van der Waals surface area contributed by atoms with Gasteiger partial charge in [0, 0.05) is 16.2 Å². The van der Waals surface area contributed by atoms with Crippen molar-refractivity contribution in [3.8, 4) is 44.5 Å². The van der Waals surface area contributed by atoms with Crippen LogP contribution in [0.3, 0.4) is 0 Å². The van der Waals surface area contributed by atoms with Crippen LogP contribution in [0.25, 0.3) is 98.8 Å². The zero-order chi connectivity index (χ0) is 39.3. The fourth-order valence-corrected chi connectivity index (χ4v) is 9.68. The summed E-state index contributed by atoms with van der Waals surface area (Å²) in [5.74, 6) is 0. The van der Waals surface area contributed by atoms with Gasteiger partial charge in [0.15, 0.2) is 0 Å². The first-order chi connectivity index (χ1) is 27.6. The molecule has 0 radical (unpaired) electrons. The van der Waals surface area contributed by atoms with E-state index in [9.17, 15) is 0 Å². The summed E-state index contributed by atoms with van der Waals surface area (Å²) in [6, 6.07) is 48.8. The van der Waals surface area contributed by atoms with Gasteiger partial charge in [-0.1, -0.05) is 137 Å². The van der Waals surface area contributed by atoms with Gasteiger partial charge in [-0.15, -0.1) is 21.9 Å². The van der Waals surface area contributed by atoms with E-state index in [4.69, 9.17) is 4.42 Å². The number of fused-ring (bicyclic) bond motifs is 7. The van der Waals surface area contributed by atoms with Crippen LogP contribution >= 0.6 is 0 Å². The zero-order valence-electron chi connectivity index (χ0n) is 34.1. The molecule has 10 aromatic rings. The van der Waals surface area contributed by atoms with Gasteiger partial charge in [-0.2, -0.15) is 0 Å². The third-order valence-electron chi connectivity index (χ3n) is 13.5. The largest absolute Gasteiger partial charge is 0.455 e. The number of rotatable bonds is 4. The van der Waals surface area contributed by atoms with E-state index in [1.165, 1.54) is 115 Å². The number of benzene rings is 9. The first kappa shape index (κ1) is 35.5. The van der Waals surface area contributed by atoms with Gasteiger partial charge in [-0.05, 0) is 89.6 Å². The molecule has 0 saturated carbocycles. The summed E-state index contributed by atoms with van der Waals surface area (Å²) in [5, 5.41) is 10.1. The molecular weight excluding hydrogens is 679 g/mol. The first-order valence-corrected chi connectivity index (χ1v) is 20.2. The standard InChI is InChI=1S/C48H38B8O/c49-40-36-34(28-16-14-26(15-17-28)25-12-10-24(11-13-25)23-6-2-1-3-7-23)37-39(43(52)47(56)45(54)41(37)50)35(38(36)42(51)46(55)44(40)53)29-19-21-33-32(22-29)31-20-18-27-8-4-5-9-30(27)48(31)57-33/h1-22H,49-56H2. The number of furan rings is 1. The number of hydrogen-bond donors (Lipinski definition) is 0. The van der Waals surface area contributed by atoms with Gasteiger partial charge in [0.25, 0.3) is 0 Å². The van der Waals surface area contributed by atoms with Crippen molar-refractivity contribution in [2.75, 3.05) is 0 Å². The second kappa shape index (κ2) is 13.3. The molecule has 1 heterocycles. The van der Waals surface area contributed by atoms with E-state index in [0.29, 0.717) is 0 Å². The highest BCUT2D eigenvalue weighted by Crippen LogP contribution is 2.43. The van der Waals surface area contributed by atoms with Gasteiger partial charge in [-0.3, -0.25) is 0 Å². The Balaban J connectivity index is 1.26. The first-order valence-electron chi connectivity index (χ1n) is 20.2. The van der Waals surface area contributed by atoms with Crippen LogP contribution in [0.1, 0.15) is 0 Å². The summed E-state index contributed by atoms with van der Waals surface area (Å²) in [7, 11) is 18.6. The van der Waals surface area contributed by atoms with Gasteiger partial charge >= 0.3 is 0 Å². The maximum atomic E-state index is 6.63. The van der Waals surface area contributed by atoms with E-state index in [-0.39, 0.29) is 0 Å². The van der Waals surface area contributed by atoms with Crippen molar-refractivity contribution in [2.45, 2.75) is 0 Å². The Morgan fingerprint density at radius 3 is 1.25 bits per heavy atom. The molecule has 0 aliphatic rings. The van der Waals surface area contributed by atoms with Crippen molar-refractivity contribution < 1.29 is 4.42 Å². The fraction of sp³-hybridized carbons (Fsp3) is 0. The van der Waals surface area contributed by atoms with Gasteiger partial charge in [0.2, 0.25) is 0 Å². The lowest BCUT2D eigenvalue weighted by Gasteiger charge is -2.28. The SMILES string of the molecule is Bc1c(B)c(B)c2c(-c3ccc4oc5c6ccccc6ccc5c4c3)c3c(B)c(B)c(B)c(B)c3c(-c3ccc(-c4ccc(-c5ccccc5)cc4)cc3)c2c1B. The van der Waals surface area contributed by atoms with E-state index in [1.54, 1.807) is 0 Å². The highest BCUT2D eigenvalue weighted by molar-refractivity contribution is 6.71. The molecule has 9 heteroatoms. The van der Waals surface area contributed by atoms with E-state index >= 15 is 0 Å². The average Bonchev–Trinajstić information content (AvgIpc) is 3.64. The fourth-order valence-electron chi connectivity index (χ4n) is 9.68. The molecule has 1 aromatic heterocycles. The average molecular weight is 717 g/mol. The van der Waals surface area contributed by atoms with E-state index in [0.717, 1.165) is 27.3 Å². The Morgan fingerprint density at radius 2 is 0.719 bits per heavy atom. The quantitative estimate of drug-likeness (QED) is 0.182. The van der Waals surface area contributed by atoms with Crippen molar-refractivity contribution in [1.29, 1.82) is 0 Å². The highest BCUT2D eigenvalue weighted by atomic mass is 16.3.